The predicted octanol–water partition coefficient (Wildman–Crippen LogP) is 4.38. The maximum absolute atomic E-state index is 4.35. The fraction of sp³-hybridized carbons (Fsp3) is 0.214. The standard InChI is InChI=1S/C14H14Br2N2/c1-18(10-13-4-2-3-7-17-13)14-6-5-12(16)8-11(14)9-15/h2-8H,9-10H2,1H3. The first-order chi connectivity index (χ1) is 8.70. The molecule has 18 heavy (non-hydrogen) atoms. The number of hydrogen-bond donors (Lipinski definition) is 0. The Hall–Kier alpha value is -0.870. The minimum Gasteiger partial charge on any atom is -0.368 e. The van der Waals surface area contributed by atoms with Crippen LogP contribution in [0.1, 0.15) is 11.3 Å². The Kier molecular flexibility index (Phi) is 4.78. The first kappa shape index (κ1) is 13.6. The van der Waals surface area contributed by atoms with Crippen LogP contribution in [0.2, 0.25) is 0 Å². The zero-order valence-corrected chi connectivity index (χ0v) is 13.3. The summed E-state index contributed by atoms with van der Waals surface area (Å²) in [6.45, 7) is 0.808. The number of aromatic nitrogens is 1. The third-order valence-corrected chi connectivity index (χ3v) is 3.82. The quantitative estimate of drug-likeness (QED) is 0.743. The van der Waals surface area contributed by atoms with Crippen molar-refractivity contribution in [1.82, 2.24) is 4.98 Å². The minimum absolute atomic E-state index is 0.808. The molecule has 0 spiro atoms. The molecule has 0 aliphatic carbocycles. The van der Waals surface area contributed by atoms with Crippen molar-refractivity contribution in [3.63, 3.8) is 0 Å². The molecule has 2 aromatic rings. The molecule has 0 radical (unpaired) electrons. The van der Waals surface area contributed by atoms with Gasteiger partial charge in [-0.05, 0) is 35.9 Å². The van der Waals surface area contributed by atoms with Gasteiger partial charge < -0.3 is 4.90 Å². The molecule has 2 nitrogen and oxygen atoms in total. The molecule has 1 heterocycles. The molecule has 94 valence electrons. The lowest BCUT2D eigenvalue weighted by atomic mass is 10.2. The number of benzene rings is 1. The molecule has 0 aliphatic heterocycles. The van der Waals surface area contributed by atoms with Crippen LogP contribution < -0.4 is 4.90 Å². The van der Waals surface area contributed by atoms with E-state index in [4.69, 9.17) is 0 Å². The van der Waals surface area contributed by atoms with E-state index in [1.54, 1.807) is 0 Å². The van der Waals surface area contributed by atoms with Crippen molar-refractivity contribution in [2.24, 2.45) is 0 Å². The SMILES string of the molecule is CN(Cc1ccccn1)c1ccc(Br)cc1CBr. The lowest BCUT2D eigenvalue weighted by Crippen LogP contribution is -2.18. The summed E-state index contributed by atoms with van der Waals surface area (Å²) in [5, 5.41) is 0.842. The van der Waals surface area contributed by atoms with Gasteiger partial charge in [0.1, 0.15) is 0 Å². The first-order valence-electron chi connectivity index (χ1n) is 5.66. The van der Waals surface area contributed by atoms with E-state index in [2.05, 4.69) is 67.0 Å². The second-order valence-electron chi connectivity index (χ2n) is 4.08. The average Bonchev–Trinajstić information content (AvgIpc) is 2.39. The molecule has 0 unspecified atom stereocenters. The highest BCUT2D eigenvalue weighted by molar-refractivity contribution is 9.10. The molecule has 1 aromatic heterocycles. The van der Waals surface area contributed by atoms with Gasteiger partial charge in [-0.2, -0.15) is 0 Å². The second-order valence-corrected chi connectivity index (χ2v) is 5.56. The van der Waals surface area contributed by atoms with E-state index < -0.39 is 0 Å². The smallest absolute Gasteiger partial charge is 0.0598 e. The van der Waals surface area contributed by atoms with Crippen molar-refractivity contribution in [2.75, 3.05) is 11.9 Å². The number of alkyl halides is 1. The maximum Gasteiger partial charge on any atom is 0.0598 e. The number of nitrogens with zero attached hydrogens (tertiary/aromatic N) is 2. The van der Waals surface area contributed by atoms with Crippen LogP contribution >= 0.6 is 31.9 Å². The molecule has 0 N–H and O–H groups in total. The van der Waals surface area contributed by atoms with Crippen LogP contribution in [0, 0.1) is 0 Å². The zero-order valence-electron chi connectivity index (χ0n) is 10.1. The molecule has 0 amide bonds. The molecule has 0 atom stereocenters. The Morgan fingerprint density at radius 3 is 2.72 bits per heavy atom. The Balaban J connectivity index is 2.21. The van der Waals surface area contributed by atoms with Crippen LogP contribution in [0.5, 0.6) is 0 Å². The normalized spacial score (nSPS) is 10.4. The van der Waals surface area contributed by atoms with Gasteiger partial charge in [-0.25, -0.2) is 0 Å². The van der Waals surface area contributed by atoms with Crippen molar-refractivity contribution in [3.05, 3.63) is 58.3 Å². The van der Waals surface area contributed by atoms with Gasteiger partial charge in [0.15, 0.2) is 0 Å². The van der Waals surface area contributed by atoms with Crippen molar-refractivity contribution >= 4 is 37.5 Å². The summed E-state index contributed by atoms with van der Waals surface area (Å²) >= 11 is 7.03. The van der Waals surface area contributed by atoms with E-state index in [1.165, 1.54) is 11.3 Å². The van der Waals surface area contributed by atoms with Crippen LogP contribution in [0.25, 0.3) is 0 Å². The molecule has 2 rings (SSSR count). The van der Waals surface area contributed by atoms with E-state index in [0.29, 0.717) is 0 Å². The van der Waals surface area contributed by atoms with Gasteiger partial charge in [-0.3, -0.25) is 4.98 Å². The molecule has 0 saturated carbocycles. The average molecular weight is 370 g/mol. The monoisotopic (exact) mass is 368 g/mol. The van der Waals surface area contributed by atoms with Gasteiger partial charge in [-0.1, -0.05) is 37.9 Å². The summed E-state index contributed by atoms with van der Waals surface area (Å²) in [7, 11) is 2.09. The van der Waals surface area contributed by atoms with Crippen LogP contribution in [0.15, 0.2) is 47.1 Å². The fourth-order valence-corrected chi connectivity index (χ4v) is 2.71. The largest absolute Gasteiger partial charge is 0.368 e. The molecule has 0 aliphatic rings. The summed E-state index contributed by atoms with van der Waals surface area (Å²) < 4.78 is 1.10. The highest BCUT2D eigenvalue weighted by Gasteiger charge is 2.08. The van der Waals surface area contributed by atoms with E-state index in [-0.39, 0.29) is 0 Å². The lowest BCUT2D eigenvalue weighted by Gasteiger charge is -2.21. The van der Waals surface area contributed by atoms with Crippen LogP contribution in [0.4, 0.5) is 5.69 Å². The third-order valence-electron chi connectivity index (χ3n) is 2.72. The molecule has 4 heteroatoms. The summed E-state index contributed by atoms with van der Waals surface area (Å²) in [4.78, 5) is 6.57. The molecule has 0 fully saturated rings. The summed E-state index contributed by atoms with van der Waals surface area (Å²) in [5.74, 6) is 0. The van der Waals surface area contributed by atoms with Crippen LogP contribution in [0.3, 0.4) is 0 Å². The van der Waals surface area contributed by atoms with Crippen molar-refractivity contribution < 1.29 is 0 Å². The molecule has 0 bridgehead atoms. The van der Waals surface area contributed by atoms with E-state index in [9.17, 15) is 0 Å². The summed E-state index contributed by atoms with van der Waals surface area (Å²) in [6.07, 6.45) is 1.83. The van der Waals surface area contributed by atoms with Gasteiger partial charge in [-0.15, -0.1) is 0 Å². The Bertz CT molecular complexity index is 514. The molecular weight excluding hydrogens is 356 g/mol. The van der Waals surface area contributed by atoms with Crippen molar-refractivity contribution in [3.8, 4) is 0 Å². The lowest BCUT2D eigenvalue weighted by molar-refractivity contribution is 0.880. The Morgan fingerprint density at radius 2 is 2.06 bits per heavy atom. The minimum atomic E-state index is 0.808. The van der Waals surface area contributed by atoms with E-state index in [0.717, 1.165) is 22.0 Å². The highest BCUT2D eigenvalue weighted by Crippen LogP contribution is 2.26. The topological polar surface area (TPSA) is 16.1 Å². The van der Waals surface area contributed by atoms with Crippen molar-refractivity contribution in [2.45, 2.75) is 11.9 Å². The number of rotatable bonds is 4. The zero-order chi connectivity index (χ0) is 13.0. The van der Waals surface area contributed by atoms with E-state index in [1.807, 2.05) is 24.4 Å². The number of anilines is 1. The van der Waals surface area contributed by atoms with E-state index >= 15 is 0 Å². The summed E-state index contributed by atoms with van der Waals surface area (Å²) in [6, 6.07) is 12.3. The van der Waals surface area contributed by atoms with Gasteiger partial charge >= 0.3 is 0 Å². The fourth-order valence-electron chi connectivity index (χ4n) is 1.85. The van der Waals surface area contributed by atoms with Gasteiger partial charge in [0.25, 0.3) is 0 Å². The van der Waals surface area contributed by atoms with Gasteiger partial charge in [0, 0.05) is 28.7 Å². The maximum atomic E-state index is 4.35. The second kappa shape index (κ2) is 6.34. The highest BCUT2D eigenvalue weighted by atomic mass is 79.9. The number of hydrogen-bond acceptors (Lipinski definition) is 2. The molecular formula is C14H14Br2N2. The molecule has 1 aromatic carbocycles. The van der Waals surface area contributed by atoms with Gasteiger partial charge in [0.2, 0.25) is 0 Å². The Morgan fingerprint density at radius 1 is 1.22 bits per heavy atom. The molecule has 0 saturated heterocycles. The van der Waals surface area contributed by atoms with Gasteiger partial charge in [0.05, 0.1) is 12.2 Å². The van der Waals surface area contributed by atoms with Crippen LogP contribution in [-0.4, -0.2) is 12.0 Å². The Labute approximate surface area is 124 Å². The third kappa shape index (κ3) is 3.33. The summed E-state index contributed by atoms with van der Waals surface area (Å²) in [5.41, 5.74) is 3.56. The van der Waals surface area contributed by atoms with Crippen LogP contribution in [-0.2, 0) is 11.9 Å². The number of pyridine rings is 1. The first-order valence-corrected chi connectivity index (χ1v) is 7.57. The van der Waals surface area contributed by atoms with Crippen molar-refractivity contribution in [1.29, 1.82) is 0 Å². The number of halogens is 2. The predicted molar refractivity (Wildman–Crippen MR) is 83.1 cm³/mol.